The predicted octanol–water partition coefficient (Wildman–Crippen LogP) is 2.44. The van der Waals surface area contributed by atoms with Crippen molar-refractivity contribution in [3.05, 3.63) is 52.1 Å². The van der Waals surface area contributed by atoms with E-state index in [0.29, 0.717) is 10.8 Å². The van der Waals surface area contributed by atoms with Gasteiger partial charge in [0.05, 0.1) is 4.92 Å². The van der Waals surface area contributed by atoms with Crippen LogP contribution in [0.4, 0.5) is 5.69 Å². The van der Waals surface area contributed by atoms with Crippen molar-refractivity contribution >= 4 is 22.4 Å². The summed E-state index contributed by atoms with van der Waals surface area (Å²) < 4.78 is 0. The zero-order chi connectivity index (χ0) is 11.7. The molecule has 0 bridgehead atoms. The second kappa shape index (κ2) is 4.95. The average molecular weight is 281 g/mol. The van der Waals surface area contributed by atoms with E-state index in [1.54, 1.807) is 30.3 Å². The third kappa shape index (κ3) is 2.27. The van der Waals surface area contributed by atoms with Crippen molar-refractivity contribution in [3.8, 4) is 0 Å². The molecule has 2 rings (SSSR count). The number of nitro benzene ring substituents is 1. The summed E-state index contributed by atoms with van der Waals surface area (Å²) in [5.41, 5.74) is -0.644. The van der Waals surface area contributed by atoms with E-state index in [1.165, 1.54) is 6.07 Å². The summed E-state index contributed by atoms with van der Waals surface area (Å²) >= 11 is 0. The van der Waals surface area contributed by atoms with Crippen LogP contribution >= 0.6 is 0 Å². The van der Waals surface area contributed by atoms with Crippen molar-refractivity contribution in [2.75, 3.05) is 0 Å². The molecule has 0 spiro atoms. The Bertz CT molecular complexity index is 597. The molecule has 1 N–H and O–H groups in total. The fourth-order valence-electron chi connectivity index (χ4n) is 1.64. The number of rotatable bonds is 2. The van der Waals surface area contributed by atoms with Crippen LogP contribution in [0.25, 0.3) is 10.8 Å². The number of nitro groups is 1. The molecule has 0 aromatic heterocycles. The number of fused-ring (bicyclic) bond motifs is 1. The minimum atomic E-state index is -1.29. The molecule has 1 radical (unpaired) electrons. The van der Waals surface area contributed by atoms with Gasteiger partial charge >= 0.3 is 5.97 Å². The van der Waals surface area contributed by atoms with Crippen molar-refractivity contribution in [1.82, 2.24) is 0 Å². The van der Waals surface area contributed by atoms with Gasteiger partial charge in [-0.2, -0.15) is 0 Å². The van der Waals surface area contributed by atoms with Crippen LogP contribution in [-0.2, 0) is 17.1 Å². The molecule has 17 heavy (non-hydrogen) atoms. The molecule has 0 aliphatic carbocycles. The maximum atomic E-state index is 11.0. The van der Waals surface area contributed by atoms with Gasteiger partial charge in [-0.05, 0) is 11.5 Å². The SMILES string of the molecule is O=C(O)c1c([N+](=O)[O-])ccc2ccccc12.[Cu]. The van der Waals surface area contributed by atoms with Gasteiger partial charge in [0.25, 0.3) is 5.69 Å². The third-order valence-electron chi connectivity index (χ3n) is 2.32. The van der Waals surface area contributed by atoms with Gasteiger partial charge < -0.3 is 5.11 Å². The quantitative estimate of drug-likeness (QED) is 0.520. The molecule has 91 valence electrons. The first-order valence-corrected chi connectivity index (χ1v) is 4.50. The monoisotopic (exact) mass is 280 g/mol. The van der Waals surface area contributed by atoms with Crippen molar-refractivity contribution < 1.29 is 31.9 Å². The van der Waals surface area contributed by atoms with Gasteiger partial charge in [-0.3, -0.25) is 10.1 Å². The molecule has 0 saturated carbocycles. The topological polar surface area (TPSA) is 80.4 Å². The third-order valence-corrected chi connectivity index (χ3v) is 2.32. The zero-order valence-corrected chi connectivity index (χ0v) is 9.33. The van der Waals surface area contributed by atoms with Crippen LogP contribution in [0.1, 0.15) is 10.4 Å². The van der Waals surface area contributed by atoms with Crippen LogP contribution in [0.3, 0.4) is 0 Å². The molecule has 0 atom stereocenters. The summed E-state index contributed by atoms with van der Waals surface area (Å²) in [5, 5.41) is 20.8. The summed E-state index contributed by atoms with van der Waals surface area (Å²) in [5.74, 6) is -1.29. The zero-order valence-electron chi connectivity index (χ0n) is 8.38. The van der Waals surface area contributed by atoms with Gasteiger partial charge in [-0.1, -0.05) is 24.3 Å². The van der Waals surface area contributed by atoms with Crippen LogP contribution in [0.15, 0.2) is 36.4 Å². The van der Waals surface area contributed by atoms with Crippen LogP contribution in [-0.4, -0.2) is 16.0 Å². The molecule has 0 heterocycles. The number of nitrogens with zero attached hydrogens (tertiary/aromatic N) is 1. The van der Waals surface area contributed by atoms with Crippen LogP contribution in [0, 0.1) is 10.1 Å². The van der Waals surface area contributed by atoms with E-state index < -0.39 is 10.9 Å². The molecule has 0 aliphatic heterocycles. The summed E-state index contributed by atoms with van der Waals surface area (Å²) in [6, 6.07) is 9.43. The Morgan fingerprint density at radius 2 is 1.82 bits per heavy atom. The minimum Gasteiger partial charge on any atom is -0.477 e. The second-order valence-electron chi connectivity index (χ2n) is 3.24. The van der Waals surface area contributed by atoms with Crippen LogP contribution < -0.4 is 0 Å². The van der Waals surface area contributed by atoms with E-state index in [0.717, 1.165) is 0 Å². The van der Waals surface area contributed by atoms with Gasteiger partial charge in [0.2, 0.25) is 0 Å². The minimum absolute atomic E-state index is 0. The number of hydrogen-bond acceptors (Lipinski definition) is 3. The van der Waals surface area contributed by atoms with Crippen LogP contribution in [0.2, 0.25) is 0 Å². The number of carbonyl (C=O) groups is 1. The first kappa shape index (κ1) is 13.2. The molecule has 0 saturated heterocycles. The van der Waals surface area contributed by atoms with Crippen molar-refractivity contribution in [3.63, 3.8) is 0 Å². The molecule has 0 fully saturated rings. The summed E-state index contributed by atoms with van der Waals surface area (Å²) in [6.07, 6.45) is 0. The number of hydrogen-bond donors (Lipinski definition) is 1. The summed E-state index contributed by atoms with van der Waals surface area (Å²) in [4.78, 5) is 21.1. The van der Waals surface area contributed by atoms with E-state index >= 15 is 0 Å². The molecule has 2 aromatic carbocycles. The summed E-state index contributed by atoms with van der Waals surface area (Å²) in [6.45, 7) is 0. The number of aromatic carboxylic acids is 1. The fraction of sp³-hybridized carbons (Fsp3) is 0. The molecule has 0 unspecified atom stereocenters. The summed E-state index contributed by atoms with van der Waals surface area (Å²) in [7, 11) is 0. The Labute approximate surface area is 107 Å². The van der Waals surface area contributed by atoms with Gasteiger partial charge in [-0.15, -0.1) is 0 Å². The Kier molecular flexibility index (Phi) is 3.83. The predicted molar refractivity (Wildman–Crippen MR) is 57.6 cm³/mol. The molecule has 0 aliphatic rings. The van der Waals surface area contributed by atoms with Crippen LogP contribution in [0.5, 0.6) is 0 Å². The van der Waals surface area contributed by atoms with E-state index in [2.05, 4.69) is 0 Å². The largest absolute Gasteiger partial charge is 0.477 e. The smallest absolute Gasteiger partial charge is 0.343 e. The van der Waals surface area contributed by atoms with Crippen molar-refractivity contribution in [2.45, 2.75) is 0 Å². The Balaban J connectivity index is 0.00000144. The molecule has 5 nitrogen and oxygen atoms in total. The maximum Gasteiger partial charge on any atom is 0.343 e. The van der Waals surface area contributed by atoms with Gasteiger partial charge in [0.15, 0.2) is 0 Å². The average Bonchev–Trinajstić information content (AvgIpc) is 2.27. The first-order valence-electron chi connectivity index (χ1n) is 4.50. The van der Waals surface area contributed by atoms with Gasteiger partial charge in [0.1, 0.15) is 5.56 Å². The molecule has 6 heteroatoms. The van der Waals surface area contributed by atoms with E-state index in [9.17, 15) is 14.9 Å². The number of carboxylic acid groups (broad SMARTS) is 1. The van der Waals surface area contributed by atoms with Gasteiger partial charge in [-0.25, -0.2) is 4.79 Å². The number of carboxylic acids is 1. The standard InChI is InChI=1S/C11H7NO4.Cu/c13-11(14)10-8-4-2-1-3-7(8)5-6-9(10)12(15)16;/h1-6H,(H,13,14);. The second-order valence-corrected chi connectivity index (χ2v) is 3.24. The molecular weight excluding hydrogens is 274 g/mol. The van der Waals surface area contributed by atoms with Crippen molar-refractivity contribution in [1.29, 1.82) is 0 Å². The van der Waals surface area contributed by atoms with Crippen molar-refractivity contribution in [2.24, 2.45) is 0 Å². The molecule has 2 aromatic rings. The fourth-order valence-corrected chi connectivity index (χ4v) is 1.64. The van der Waals surface area contributed by atoms with E-state index in [4.69, 9.17) is 5.11 Å². The Morgan fingerprint density at radius 1 is 1.18 bits per heavy atom. The molecular formula is C11H7CuNO4. The Hall–Kier alpha value is -1.91. The molecule has 0 amide bonds. The Morgan fingerprint density at radius 3 is 2.41 bits per heavy atom. The normalized spacial score (nSPS) is 9.65. The van der Waals surface area contributed by atoms with Gasteiger partial charge in [0, 0.05) is 28.5 Å². The van der Waals surface area contributed by atoms with E-state index in [-0.39, 0.29) is 28.3 Å². The first-order chi connectivity index (χ1) is 7.61. The number of benzene rings is 2. The van der Waals surface area contributed by atoms with E-state index in [1.807, 2.05) is 0 Å². The maximum absolute atomic E-state index is 11.0.